The maximum Gasteiger partial charge on any atom is 0.0931 e. The van der Waals surface area contributed by atoms with Crippen molar-refractivity contribution < 1.29 is 0 Å². The number of rotatable bonds is 5. The first-order chi connectivity index (χ1) is 8.28. The van der Waals surface area contributed by atoms with Crippen molar-refractivity contribution in [2.45, 2.75) is 26.3 Å². The lowest BCUT2D eigenvalue weighted by molar-refractivity contribution is 0.208. The summed E-state index contributed by atoms with van der Waals surface area (Å²) in [7, 11) is 0. The van der Waals surface area contributed by atoms with E-state index in [0.29, 0.717) is 0 Å². The Hall–Kier alpha value is -0.0900. The summed E-state index contributed by atoms with van der Waals surface area (Å²) in [4.78, 5) is 3.92. The Morgan fingerprint density at radius 2 is 2.18 bits per heavy atom. The van der Waals surface area contributed by atoms with Gasteiger partial charge < -0.3 is 5.32 Å². The van der Waals surface area contributed by atoms with Crippen molar-refractivity contribution in [1.82, 2.24) is 10.2 Å². The van der Waals surface area contributed by atoms with Gasteiger partial charge in [0.2, 0.25) is 0 Å². The molecule has 0 bridgehead atoms. The van der Waals surface area contributed by atoms with Gasteiger partial charge in [-0.25, -0.2) is 0 Å². The molecule has 1 aromatic heterocycles. The Morgan fingerprint density at radius 1 is 1.41 bits per heavy atom. The van der Waals surface area contributed by atoms with E-state index in [-0.39, 0.29) is 0 Å². The minimum Gasteiger partial charge on any atom is -0.317 e. The number of halogens is 1. The highest BCUT2D eigenvalue weighted by Crippen LogP contribution is 2.23. The summed E-state index contributed by atoms with van der Waals surface area (Å²) >= 11 is 7.68. The molecule has 0 aliphatic carbocycles. The minimum atomic E-state index is 0.867. The van der Waals surface area contributed by atoms with Gasteiger partial charge in [-0.2, -0.15) is 0 Å². The van der Waals surface area contributed by atoms with E-state index in [9.17, 15) is 0 Å². The molecule has 1 saturated heterocycles. The summed E-state index contributed by atoms with van der Waals surface area (Å²) in [6.07, 6.45) is 2.64. The molecule has 17 heavy (non-hydrogen) atoms. The van der Waals surface area contributed by atoms with E-state index in [1.165, 1.54) is 37.4 Å². The molecule has 2 heterocycles. The van der Waals surface area contributed by atoms with Crippen LogP contribution in [0.4, 0.5) is 0 Å². The van der Waals surface area contributed by atoms with Crippen LogP contribution in [-0.2, 0) is 6.54 Å². The zero-order valence-corrected chi connectivity index (χ0v) is 12.0. The van der Waals surface area contributed by atoms with E-state index in [0.717, 1.165) is 23.3 Å². The number of nitrogens with zero attached hydrogens (tertiary/aromatic N) is 1. The van der Waals surface area contributed by atoms with Gasteiger partial charge in [0, 0.05) is 18.0 Å². The molecule has 1 aliphatic heterocycles. The van der Waals surface area contributed by atoms with Crippen molar-refractivity contribution in [3.05, 3.63) is 21.3 Å². The average Bonchev–Trinajstić information content (AvgIpc) is 2.75. The van der Waals surface area contributed by atoms with Gasteiger partial charge in [0.25, 0.3) is 0 Å². The van der Waals surface area contributed by atoms with Crippen LogP contribution in [0.3, 0.4) is 0 Å². The van der Waals surface area contributed by atoms with Gasteiger partial charge in [0.15, 0.2) is 0 Å². The zero-order chi connectivity index (χ0) is 12.1. The fourth-order valence-corrected chi connectivity index (χ4v) is 3.52. The molecular weight excluding hydrogens is 252 g/mol. The third-order valence-electron chi connectivity index (χ3n) is 3.43. The van der Waals surface area contributed by atoms with Crippen molar-refractivity contribution in [2.75, 3.05) is 26.2 Å². The standard InChI is InChI=1S/C13H21ClN2S/c1-2-16(9-11-5-7-15-8-6-11)10-12-3-4-13(14)17-12/h3-4,11,15H,2,5-10H2,1H3. The second-order valence-electron chi connectivity index (χ2n) is 4.73. The van der Waals surface area contributed by atoms with Crippen LogP contribution in [-0.4, -0.2) is 31.1 Å². The second-order valence-corrected chi connectivity index (χ2v) is 6.53. The summed E-state index contributed by atoms with van der Waals surface area (Å²) in [6.45, 7) is 8.03. The molecule has 4 heteroatoms. The first kappa shape index (κ1) is 13.3. The monoisotopic (exact) mass is 272 g/mol. The quantitative estimate of drug-likeness (QED) is 0.885. The Balaban J connectivity index is 1.83. The molecule has 0 amide bonds. The van der Waals surface area contributed by atoms with Crippen molar-refractivity contribution in [1.29, 1.82) is 0 Å². The van der Waals surface area contributed by atoms with Crippen molar-refractivity contribution in [3.63, 3.8) is 0 Å². The van der Waals surface area contributed by atoms with Crippen LogP contribution in [0.2, 0.25) is 4.34 Å². The number of hydrogen-bond donors (Lipinski definition) is 1. The Bertz CT molecular complexity index is 334. The molecule has 0 spiro atoms. The molecule has 1 aromatic rings. The summed E-state index contributed by atoms with van der Waals surface area (Å²) in [5.41, 5.74) is 0. The minimum absolute atomic E-state index is 0.867. The highest BCUT2D eigenvalue weighted by Gasteiger charge is 2.16. The molecular formula is C13H21ClN2S. The van der Waals surface area contributed by atoms with Gasteiger partial charge >= 0.3 is 0 Å². The van der Waals surface area contributed by atoms with Gasteiger partial charge in [0.05, 0.1) is 4.34 Å². The van der Waals surface area contributed by atoms with Crippen LogP contribution < -0.4 is 5.32 Å². The molecule has 0 aromatic carbocycles. The number of piperidine rings is 1. The molecule has 1 N–H and O–H groups in total. The molecule has 1 fully saturated rings. The maximum absolute atomic E-state index is 5.97. The lowest BCUT2D eigenvalue weighted by Crippen LogP contribution is -2.35. The number of thiophene rings is 1. The smallest absolute Gasteiger partial charge is 0.0931 e. The molecule has 0 saturated carbocycles. The third kappa shape index (κ3) is 4.25. The van der Waals surface area contributed by atoms with Crippen molar-refractivity contribution in [2.24, 2.45) is 5.92 Å². The Labute approximate surface area is 113 Å². The number of nitrogens with one attached hydrogen (secondary N) is 1. The third-order valence-corrected chi connectivity index (χ3v) is 4.65. The molecule has 2 rings (SSSR count). The van der Waals surface area contributed by atoms with Gasteiger partial charge in [0.1, 0.15) is 0 Å². The predicted octanol–water partition coefficient (Wildman–Crippen LogP) is 3.22. The normalized spacial score (nSPS) is 17.8. The second kappa shape index (κ2) is 6.74. The Kier molecular flexibility index (Phi) is 5.29. The first-order valence-corrected chi connectivity index (χ1v) is 7.64. The summed E-state index contributed by atoms with van der Waals surface area (Å²) < 4.78 is 0.901. The molecule has 0 atom stereocenters. The fraction of sp³-hybridized carbons (Fsp3) is 0.692. The molecule has 0 unspecified atom stereocenters. The fourth-order valence-electron chi connectivity index (χ4n) is 2.39. The zero-order valence-electron chi connectivity index (χ0n) is 10.4. The average molecular weight is 273 g/mol. The highest BCUT2D eigenvalue weighted by molar-refractivity contribution is 7.16. The van der Waals surface area contributed by atoms with E-state index < -0.39 is 0 Å². The van der Waals surface area contributed by atoms with Gasteiger partial charge in [-0.3, -0.25) is 4.90 Å². The van der Waals surface area contributed by atoms with Gasteiger partial charge in [-0.15, -0.1) is 11.3 Å². The van der Waals surface area contributed by atoms with E-state index >= 15 is 0 Å². The van der Waals surface area contributed by atoms with Crippen molar-refractivity contribution >= 4 is 22.9 Å². The first-order valence-electron chi connectivity index (χ1n) is 6.45. The lowest BCUT2D eigenvalue weighted by atomic mass is 9.97. The summed E-state index contributed by atoms with van der Waals surface area (Å²) in [5.74, 6) is 0.867. The van der Waals surface area contributed by atoms with E-state index in [1.807, 2.05) is 6.07 Å². The number of hydrogen-bond acceptors (Lipinski definition) is 3. The lowest BCUT2D eigenvalue weighted by Gasteiger charge is -2.29. The molecule has 1 aliphatic rings. The SMILES string of the molecule is CCN(Cc1ccc(Cl)s1)CC1CCNCC1. The van der Waals surface area contributed by atoms with Crippen LogP contribution >= 0.6 is 22.9 Å². The summed E-state index contributed by atoms with van der Waals surface area (Å²) in [5, 5.41) is 3.43. The summed E-state index contributed by atoms with van der Waals surface area (Å²) in [6, 6.07) is 4.15. The maximum atomic E-state index is 5.97. The molecule has 2 nitrogen and oxygen atoms in total. The topological polar surface area (TPSA) is 15.3 Å². The van der Waals surface area contributed by atoms with Crippen molar-refractivity contribution in [3.8, 4) is 0 Å². The van der Waals surface area contributed by atoms with Gasteiger partial charge in [-0.1, -0.05) is 18.5 Å². The van der Waals surface area contributed by atoms with Gasteiger partial charge in [-0.05, 0) is 50.5 Å². The van der Waals surface area contributed by atoms with Crippen LogP contribution in [0.25, 0.3) is 0 Å². The molecule has 96 valence electrons. The van der Waals surface area contributed by atoms with Crippen LogP contribution in [0, 0.1) is 5.92 Å². The van der Waals surface area contributed by atoms with Crippen LogP contribution in [0.15, 0.2) is 12.1 Å². The predicted molar refractivity (Wildman–Crippen MR) is 75.9 cm³/mol. The highest BCUT2D eigenvalue weighted by atomic mass is 35.5. The van der Waals surface area contributed by atoms with Crippen LogP contribution in [0.5, 0.6) is 0 Å². The van der Waals surface area contributed by atoms with E-state index in [1.54, 1.807) is 11.3 Å². The Morgan fingerprint density at radius 3 is 2.76 bits per heavy atom. The van der Waals surface area contributed by atoms with E-state index in [4.69, 9.17) is 11.6 Å². The van der Waals surface area contributed by atoms with Crippen LogP contribution in [0.1, 0.15) is 24.6 Å². The largest absolute Gasteiger partial charge is 0.317 e. The van der Waals surface area contributed by atoms with E-state index in [2.05, 4.69) is 23.2 Å². The molecule has 0 radical (unpaired) electrons.